The lowest BCUT2D eigenvalue weighted by molar-refractivity contribution is 0.183. The fraction of sp³-hybridized carbons (Fsp3) is 0.600. The summed E-state index contributed by atoms with van der Waals surface area (Å²) >= 11 is 0. The van der Waals surface area contributed by atoms with E-state index in [2.05, 4.69) is 38.1 Å². The second kappa shape index (κ2) is 4.58. The molecule has 0 amide bonds. The first-order valence-corrected chi connectivity index (χ1v) is 6.53. The van der Waals surface area contributed by atoms with Crippen molar-refractivity contribution in [2.24, 2.45) is 11.7 Å². The van der Waals surface area contributed by atoms with Crippen LogP contribution in [-0.4, -0.2) is 0 Å². The Morgan fingerprint density at radius 2 is 2.06 bits per heavy atom. The van der Waals surface area contributed by atoms with Gasteiger partial charge in [0.2, 0.25) is 0 Å². The van der Waals surface area contributed by atoms with Gasteiger partial charge in [0.25, 0.3) is 0 Å². The summed E-state index contributed by atoms with van der Waals surface area (Å²) in [4.78, 5) is 0. The van der Waals surface area contributed by atoms with Crippen molar-refractivity contribution < 1.29 is 0 Å². The van der Waals surface area contributed by atoms with Gasteiger partial charge in [0.1, 0.15) is 0 Å². The fourth-order valence-electron chi connectivity index (χ4n) is 3.29. The van der Waals surface area contributed by atoms with Gasteiger partial charge in [-0.3, -0.25) is 0 Å². The Balaban J connectivity index is 2.39. The molecule has 0 aromatic heterocycles. The minimum Gasteiger partial charge on any atom is -0.321 e. The molecule has 1 aliphatic carbocycles. The van der Waals surface area contributed by atoms with Gasteiger partial charge in [-0.25, -0.2) is 0 Å². The average molecular weight is 217 g/mol. The first-order valence-electron chi connectivity index (χ1n) is 6.53. The summed E-state index contributed by atoms with van der Waals surface area (Å²) in [5.74, 6) is 0.655. The number of aryl methyl sites for hydroxylation is 1. The molecule has 1 nitrogen and oxygen atoms in total. The molecule has 1 aliphatic rings. The molecule has 1 saturated carbocycles. The Kier molecular flexibility index (Phi) is 3.34. The zero-order chi connectivity index (χ0) is 11.6. The molecular weight excluding hydrogens is 194 g/mol. The van der Waals surface area contributed by atoms with Crippen molar-refractivity contribution in [3.8, 4) is 0 Å². The first kappa shape index (κ1) is 11.7. The normalized spacial score (nSPS) is 30.3. The van der Waals surface area contributed by atoms with E-state index in [1.807, 2.05) is 0 Å². The minimum atomic E-state index is -0.0711. The van der Waals surface area contributed by atoms with Crippen LogP contribution in [0.25, 0.3) is 0 Å². The van der Waals surface area contributed by atoms with E-state index < -0.39 is 0 Å². The van der Waals surface area contributed by atoms with Crippen molar-refractivity contribution >= 4 is 0 Å². The van der Waals surface area contributed by atoms with E-state index in [0.717, 1.165) is 6.42 Å². The molecule has 2 N–H and O–H groups in total. The smallest absolute Gasteiger partial charge is 0.0440 e. The zero-order valence-corrected chi connectivity index (χ0v) is 10.5. The quantitative estimate of drug-likeness (QED) is 0.802. The molecule has 16 heavy (non-hydrogen) atoms. The van der Waals surface area contributed by atoms with Crippen LogP contribution in [0, 0.1) is 12.8 Å². The molecule has 1 fully saturated rings. The van der Waals surface area contributed by atoms with Gasteiger partial charge in [0.15, 0.2) is 0 Å². The van der Waals surface area contributed by atoms with E-state index in [0.29, 0.717) is 5.92 Å². The first-order chi connectivity index (χ1) is 7.68. The van der Waals surface area contributed by atoms with Crippen molar-refractivity contribution in [3.63, 3.8) is 0 Å². The van der Waals surface area contributed by atoms with Crippen molar-refractivity contribution in [1.29, 1.82) is 0 Å². The number of hydrogen-bond acceptors (Lipinski definition) is 1. The van der Waals surface area contributed by atoms with E-state index in [9.17, 15) is 0 Å². The standard InChI is InChI=1S/C15H23N/c1-3-13-9-6-7-11-15(13,16)14-10-5-4-8-12(14)2/h4-5,8,10,13H,3,6-7,9,11,16H2,1-2H3. The Labute approximate surface area is 99.0 Å². The molecule has 1 aromatic rings. The number of rotatable bonds is 2. The predicted molar refractivity (Wildman–Crippen MR) is 69.3 cm³/mol. The molecule has 88 valence electrons. The van der Waals surface area contributed by atoms with E-state index >= 15 is 0 Å². The predicted octanol–water partition coefficient (Wildman–Crippen LogP) is 3.75. The van der Waals surface area contributed by atoms with E-state index in [-0.39, 0.29) is 5.54 Å². The summed E-state index contributed by atoms with van der Waals surface area (Å²) in [6.07, 6.45) is 6.27. The molecule has 0 saturated heterocycles. The third-order valence-electron chi connectivity index (χ3n) is 4.26. The summed E-state index contributed by atoms with van der Waals surface area (Å²) < 4.78 is 0. The highest BCUT2D eigenvalue weighted by Crippen LogP contribution is 2.42. The molecule has 0 heterocycles. The molecule has 0 spiro atoms. The maximum absolute atomic E-state index is 6.74. The molecule has 0 aliphatic heterocycles. The molecule has 2 rings (SSSR count). The minimum absolute atomic E-state index is 0.0711. The summed E-state index contributed by atoms with van der Waals surface area (Å²) in [7, 11) is 0. The van der Waals surface area contributed by atoms with Gasteiger partial charge in [0, 0.05) is 5.54 Å². The highest BCUT2D eigenvalue weighted by Gasteiger charge is 2.38. The number of nitrogens with two attached hydrogens (primary N) is 1. The Bertz CT molecular complexity index is 358. The van der Waals surface area contributed by atoms with Gasteiger partial charge >= 0.3 is 0 Å². The third-order valence-corrected chi connectivity index (χ3v) is 4.26. The zero-order valence-electron chi connectivity index (χ0n) is 10.5. The van der Waals surface area contributed by atoms with Crippen LogP contribution < -0.4 is 5.73 Å². The maximum Gasteiger partial charge on any atom is 0.0440 e. The third kappa shape index (κ3) is 1.89. The molecule has 2 unspecified atom stereocenters. The van der Waals surface area contributed by atoms with E-state index in [1.54, 1.807) is 0 Å². The lowest BCUT2D eigenvalue weighted by Gasteiger charge is -2.42. The van der Waals surface area contributed by atoms with Gasteiger partial charge in [-0.05, 0) is 36.8 Å². The topological polar surface area (TPSA) is 26.0 Å². The lowest BCUT2D eigenvalue weighted by atomic mass is 9.67. The average Bonchev–Trinajstić information content (AvgIpc) is 2.30. The molecular formula is C15H23N. The lowest BCUT2D eigenvalue weighted by Crippen LogP contribution is -2.46. The molecule has 2 atom stereocenters. The van der Waals surface area contributed by atoms with Crippen LogP contribution in [0.2, 0.25) is 0 Å². The van der Waals surface area contributed by atoms with Crippen molar-refractivity contribution in [2.75, 3.05) is 0 Å². The van der Waals surface area contributed by atoms with Crippen molar-refractivity contribution in [3.05, 3.63) is 35.4 Å². The second-order valence-electron chi connectivity index (χ2n) is 5.21. The summed E-state index contributed by atoms with van der Waals surface area (Å²) in [5.41, 5.74) is 9.39. The van der Waals surface area contributed by atoms with E-state index in [1.165, 1.54) is 36.8 Å². The van der Waals surface area contributed by atoms with Crippen LogP contribution in [0.15, 0.2) is 24.3 Å². The monoisotopic (exact) mass is 217 g/mol. The summed E-state index contributed by atoms with van der Waals surface area (Å²) in [6, 6.07) is 8.64. The Hall–Kier alpha value is -0.820. The fourth-order valence-corrected chi connectivity index (χ4v) is 3.29. The summed E-state index contributed by atoms with van der Waals surface area (Å²) in [6.45, 7) is 4.46. The van der Waals surface area contributed by atoms with Crippen LogP contribution in [0.1, 0.15) is 50.2 Å². The summed E-state index contributed by atoms with van der Waals surface area (Å²) in [5, 5.41) is 0. The molecule has 0 radical (unpaired) electrons. The van der Waals surface area contributed by atoms with Crippen molar-refractivity contribution in [1.82, 2.24) is 0 Å². The molecule has 1 heteroatoms. The number of benzene rings is 1. The van der Waals surface area contributed by atoms with Gasteiger partial charge in [0.05, 0.1) is 0 Å². The van der Waals surface area contributed by atoms with Gasteiger partial charge in [-0.1, -0.05) is 50.5 Å². The highest BCUT2D eigenvalue weighted by atomic mass is 14.8. The van der Waals surface area contributed by atoms with Crippen LogP contribution in [0.4, 0.5) is 0 Å². The highest BCUT2D eigenvalue weighted by molar-refractivity contribution is 5.33. The Morgan fingerprint density at radius 3 is 2.75 bits per heavy atom. The number of hydrogen-bond donors (Lipinski definition) is 1. The van der Waals surface area contributed by atoms with Gasteiger partial charge in [-0.15, -0.1) is 0 Å². The molecule has 1 aromatic carbocycles. The van der Waals surface area contributed by atoms with Gasteiger partial charge in [-0.2, -0.15) is 0 Å². The van der Waals surface area contributed by atoms with Crippen LogP contribution in [0.3, 0.4) is 0 Å². The molecule has 0 bridgehead atoms. The van der Waals surface area contributed by atoms with Crippen LogP contribution >= 0.6 is 0 Å². The SMILES string of the molecule is CCC1CCCCC1(N)c1ccccc1C. The largest absolute Gasteiger partial charge is 0.321 e. The van der Waals surface area contributed by atoms with Crippen molar-refractivity contribution in [2.45, 2.75) is 51.5 Å². The Morgan fingerprint density at radius 1 is 1.31 bits per heavy atom. The second-order valence-corrected chi connectivity index (χ2v) is 5.21. The van der Waals surface area contributed by atoms with Gasteiger partial charge < -0.3 is 5.73 Å². The maximum atomic E-state index is 6.74. The van der Waals surface area contributed by atoms with Crippen LogP contribution in [-0.2, 0) is 5.54 Å². The van der Waals surface area contributed by atoms with E-state index in [4.69, 9.17) is 5.73 Å². The van der Waals surface area contributed by atoms with Crippen LogP contribution in [0.5, 0.6) is 0 Å².